The van der Waals surface area contributed by atoms with E-state index < -0.39 is 0 Å². The number of benzene rings is 1. The van der Waals surface area contributed by atoms with Crippen molar-refractivity contribution in [1.29, 1.82) is 5.26 Å². The van der Waals surface area contributed by atoms with Crippen molar-refractivity contribution >= 4 is 44.4 Å². The summed E-state index contributed by atoms with van der Waals surface area (Å²) < 4.78 is 0. The van der Waals surface area contributed by atoms with E-state index in [4.69, 9.17) is 16.9 Å². The number of hydrogen-bond donors (Lipinski definition) is 0. The van der Waals surface area contributed by atoms with Crippen molar-refractivity contribution < 1.29 is 4.79 Å². The maximum atomic E-state index is 10.5. The van der Waals surface area contributed by atoms with Gasteiger partial charge in [0.2, 0.25) is 0 Å². The minimum absolute atomic E-state index is 0.550. The summed E-state index contributed by atoms with van der Waals surface area (Å²) in [5.41, 5.74) is 1.49. The van der Waals surface area contributed by atoms with Gasteiger partial charge in [0.25, 0.3) is 0 Å². The second-order valence-electron chi connectivity index (χ2n) is 3.16. The van der Waals surface area contributed by atoms with E-state index in [0.29, 0.717) is 21.8 Å². The van der Waals surface area contributed by atoms with E-state index >= 15 is 0 Å². The Kier molecular flexibility index (Phi) is 3.95. The fraction of sp³-hybridized carbons (Fsp3) is 0. The Balaban J connectivity index is 2.48. The van der Waals surface area contributed by atoms with Gasteiger partial charge in [0.15, 0.2) is 0 Å². The lowest BCUT2D eigenvalue weighted by Gasteiger charge is -2.00. The van der Waals surface area contributed by atoms with Crippen LogP contribution >= 0.6 is 33.2 Å². The van der Waals surface area contributed by atoms with E-state index in [1.165, 1.54) is 27.7 Å². The van der Waals surface area contributed by atoms with Crippen LogP contribution in [0, 0.1) is 11.3 Å². The number of nitriles is 1. The molecule has 1 aliphatic heterocycles. The molecule has 1 heterocycles. The Bertz CT molecular complexity index is 555. The topological polar surface area (TPSA) is 40.9 Å². The summed E-state index contributed by atoms with van der Waals surface area (Å²) in [5, 5.41) is 9.79. The highest BCUT2D eigenvalue weighted by atomic mass is 35.5. The normalized spacial score (nSPS) is 17.3. The van der Waals surface area contributed by atoms with Crippen molar-refractivity contribution in [3.8, 4) is 6.07 Å². The van der Waals surface area contributed by atoms with Crippen molar-refractivity contribution in [3.05, 3.63) is 51.4 Å². The number of aldehydes is 1. The lowest BCUT2D eigenvalue weighted by molar-refractivity contribution is -0.104. The van der Waals surface area contributed by atoms with E-state index in [2.05, 4.69) is 6.07 Å². The van der Waals surface area contributed by atoms with Gasteiger partial charge in [-0.05, 0) is 23.8 Å². The molecule has 2 nitrogen and oxygen atoms in total. The molecule has 0 unspecified atom stereocenters. The fourth-order valence-corrected chi connectivity index (χ4v) is 4.01. The molecule has 17 heavy (non-hydrogen) atoms. The third-order valence-electron chi connectivity index (χ3n) is 2.13. The molecule has 5 heteroatoms. The van der Waals surface area contributed by atoms with Crippen molar-refractivity contribution in [3.63, 3.8) is 0 Å². The predicted molar refractivity (Wildman–Crippen MR) is 73.3 cm³/mol. The molecule has 84 valence electrons. The zero-order valence-corrected chi connectivity index (χ0v) is 10.9. The number of halogens is 1. The van der Waals surface area contributed by atoms with Gasteiger partial charge in [0.1, 0.15) is 12.4 Å². The Morgan fingerprint density at radius 1 is 1.24 bits per heavy atom. The van der Waals surface area contributed by atoms with E-state index in [0.717, 1.165) is 10.5 Å². The van der Waals surface area contributed by atoms with Crippen molar-refractivity contribution in [2.45, 2.75) is 0 Å². The van der Waals surface area contributed by atoms with Crippen LogP contribution in [-0.2, 0) is 4.79 Å². The molecule has 0 bridgehead atoms. The van der Waals surface area contributed by atoms with Crippen molar-refractivity contribution in [2.75, 3.05) is 0 Å². The lowest BCUT2D eigenvalue weighted by Crippen LogP contribution is -1.83. The van der Waals surface area contributed by atoms with Crippen molar-refractivity contribution in [2.24, 2.45) is 0 Å². The van der Waals surface area contributed by atoms with Crippen LogP contribution in [0.25, 0.3) is 4.91 Å². The summed E-state index contributed by atoms with van der Waals surface area (Å²) in [6.07, 6.45) is 2.12. The van der Waals surface area contributed by atoms with E-state index in [-0.39, 0.29) is 0 Å². The van der Waals surface area contributed by atoms with E-state index in [1.807, 2.05) is 12.1 Å². The van der Waals surface area contributed by atoms with Gasteiger partial charge in [0.05, 0.1) is 5.57 Å². The van der Waals surface area contributed by atoms with Gasteiger partial charge in [0, 0.05) is 14.8 Å². The predicted octanol–water partition coefficient (Wildman–Crippen LogP) is 4.05. The third kappa shape index (κ3) is 2.58. The highest BCUT2D eigenvalue weighted by Gasteiger charge is 2.22. The van der Waals surface area contributed by atoms with Crippen LogP contribution < -0.4 is 0 Å². The molecule has 0 radical (unpaired) electrons. The number of nitrogens with zero attached hydrogens (tertiary/aromatic N) is 1. The number of hydrogen-bond acceptors (Lipinski definition) is 4. The monoisotopic (exact) mass is 279 g/mol. The van der Waals surface area contributed by atoms with Crippen LogP contribution in [0.1, 0.15) is 5.56 Å². The molecule has 0 N–H and O–H groups in total. The van der Waals surface area contributed by atoms with Crippen LogP contribution in [-0.4, -0.2) is 6.29 Å². The average molecular weight is 280 g/mol. The van der Waals surface area contributed by atoms with E-state index in [1.54, 1.807) is 12.1 Å². The van der Waals surface area contributed by atoms with Gasteiger partial charge in [-0.1, -0.05) is 45.3 Å². The molecule has 0 fully saturated rings. The Hall–Kier alpha value is -1.15. The van der Waals surface area contributed by atoms with Crippen molar-refractivity contribution in [1.82, 2.24) is 0 Å². The Labute approximate surface area is 112 Å². The highest BCUT2D eigenvalue weighted by Crippen LogP contribution is 2.53. The van der Waals surface area contributed by atoms with Gasteiger partial charge in [-0.2, -0.15) is 5.26 Å². The van der Waals surface area contributed by atoms with E-state index in [9.17, 15) is 4.79 Å². The smallest absolute Gasteiger partial charge is 0.144 e. The quantitative estimate of drug-likeness (QED) is 0.465. The zero-order valence-electron chi connectivity index (χ0n) is 8.51. The lowest BCUT2D eigenvalue weighted by atomic mass is 10.1. The summed E-state index contributed by atoms with van der Waals surface area (Å²) in [4.78, 5) is 12.0. The fourth-order valence-electron chi connectivity index (χ4n) is 1.35. The number of carbonyl (C=O) groups excluding carboxylic acids is 1. The molecule has 0 saturated carbocycles. The first-order valence-electron chi connectivity index (χ1n) is 4.67. The highest BCUT2D eigenvalue weighted by molar-refractivity contribution is 8.82. The second kappa shape index (κ2) is 5.46. The maximum Gasteiger partial charge on any atom is 0.144 e. The molecule has 0 amide bonds. The van der Waals surface area contributed by atoms with Gasteiger partial charge in [-0.25, -0.2) is 0 Å². The van der Waals surface area contributed by atoms with Gasteiger partial charge >= 0.3 is 0 Å². The third-order valence-corrected chi connectivity index (χ3v) is 4.88. The zero-order chi connectivity index (χ0) is 12.3. The Morgan fingerprint density at radius 3 is 2.53 bits per heavy atom. The second-order valence-corrected chi connectivity index (χ2v) is 5.77. The summed E-state index contributed by atoms with van der Waals surface area (Å²) in [6, 6.07) is 9.44. The minimum Gasteiger partial charge on any atom is -0.299 e. The van der Waals surface area contributed by atoms with Crippen LogP contribution in [0.2, 0.25) is 5.02 Å². The SMILES string of the molecule is N#CC1=C(c2ccc(Cl)cc2)SS/C1=C/C=O. The number of rotatable bonds is 2. The summed E-state index contributed by atoms with van der Waals surface area (Å²) in [5.74, 6) is 0. The van der Waals surface area contributed by atoms with Crippen LogP contribution in [0.5, 0.6) is 0 Å². The summed E-state index contributed by atoms with van der Waals surface area (Å²) in [7, 11) is 2.91. The summed E-state index contributed by atoms with van der Waals surface area (Å²) >= 11 is 5.82. The molecular weight excluding hydrogens is 274 g/mol. The molecule has 0 atom stereocenters. The molecule has 0 aromatic heterocycles. The molecule has 2 rings (SSSR count). The first kappa shape index (κ1) is 12.3. The molecule has 0 saturated heterocycles. The molecule has 0 aliphatic carbocycles. The standard InChI is InChI=1S/C12H6ClNOS2/c13-9-3-1-8(2-4-9)12-10(7-14)11(5-6-15)16-17-12/h1-6H/b11-5+. The maximum absolute atomic E-state index is 10.5. The molecule has 1 aromatic rings. The van der Waals surface area contributed by atoms with Gasteiger partial charge in [-0.15, -0.1) is 0 Å². The van der Waals surface area contributed by atoms with Gasteiger partial charge < -0.3 is 0 Å². The van der Waals surface area contributed by atoms with Crippen LogP contribution in [0.4, 0.5) is 0 Å². The van der Waals surface area contributed by atoms with Crippen LogP contribution in [0.3, 0.4) is 0 Å². The first-order valence-corrected chi connectivity index (χ1v) is 7.19. The first-order chi connectivity index (χ1) is 8.26. The molecule has 1 aromatic carbocycles. The molecule has 0 spiro atoms. The molecular formula is C12H6ClNOS2. The number of allylic oxidation sites excluding steroid dienone is 2. The van der Waals surface area contributed by atoms with Crippen LogP contribution in [0.15, 0.2) is 40.8 Å². The Morgan fingerprint density at radius 2 is 1.94 bits per heavy atom. The minimum atomic E-state index is 0.550. The number of carbonyl (C=O) groups is 1. The molecule has 1 aliphatic rings. The van der Waals surface area contributed by atoms with Gasteiger partial charge in [-0.3, -0.25) is 4.79 Å². The largest absolute Gasteiger partial charge is 0.299 e. The average Bonchev–Trinajstić information content (AvgIpc) is 2.73. The summed E-state index contributed by atoms with van der Waals surface area (Å²) in [6.45, 7) is 0.